The molecule has 1 aliphatic carbocycles. The third-order valence-electron chi connectivity index (χ3n) is 8.18. The lowest BCUT2D eigenvalue weighted by Crippen LogP contribution is -2.60. The molecule has 1 fully saturated rings. The second-order valence-corrected chi connectivity index (χ2v) is 16.4. The van der Waals surface area contributed by atoms with E-state index in [1.54, 1.807) is 39.0 Å². The highest BCUT2D eigenvalue weighted by Gasteiger charge is 2.42. The van der Waals surface area contributed by atoms with Gasteiger partial charge in [0.1, 0.15) is 12.2 Å². The molecule has 2 aliphatic rings. The normalized spacial score (nSPS) is 21.1. The minimum absolute atomic E-state index is 0.0865. The van der Waals surface area contributed by atoms with Crippen LogP contribution in [0, 0.1) is 19.3 Å². The van der Waals surface area contributed by atoms with E-state index in [4.69, 9.17) is 9.47 Å². The summed E-state index contributed by atoms with van der Waals surface area (Å²) in [6.07, 6.45) is 1.12. The Kier molecular flexibility index (Phi) is 9.29. The molecule has 2 N–H and O–H groups in total. The van der Waals surface area contributed by atoms with Gasteiger partial charge in [0.05, 0.1) is 16.6 Å². The molecular formula is C35H45N5O6S. The van der Waals surface area contributed by atoms with Gasteiger partial charge in [0.15, 0.2) is 0 Å². The number of hydrogen-bond acceptors (Lipinski definition) is 8. The zero-order chi connectivity index (χ0) is 34.3. The topological polar surface area (TPSA) is 140 Å². The molecule has 47 heavy (non-hydrogen) atoms. The monoisotopic (exact) mass is 663 g/mol. The van der Waals surface area contributed by atoms with Crippen LogP contribution in [0.25, 0.3) is 11.3 Å². The standard InChI is InChI=1S/C35H45N5O6S/c1-21-11-9-12-22(2)30(21)28-18-29-38-32(37-28)39-47(43,44)27-14-10-13-23(15-27)31(41)40(26(20-45-29)19-34(3,4)5)25-16-24(17-25)36-33(42)46-35(6,7)8/h9-15,18,24-26H,16-17,19-20H2,1-8H3,(H,36,42)(H,37,38,39)/t24?,25?,26-/m1/s1. The number of nitrogens with zero attached hydrogens (tertiary/aromatic N) is 3. The zero-order valence-electron chi connectivity index (χ0n) is 28.4. The van der Waals surface area contributed by atoms with E-state index in [1.807, 2.05) is 36.9 Å². The van der Waals surface area contributed by atoms with Gasteiger partial charge in [-0.05, 0) is 88.6 Å². The molecule has 1 aromatic heterocycles. The van der Waals surface area contributed by atoms with Gasteiger partial charge in [-0.2, -0.15) is 4.98 Å². The van der Waals surface area contributed by atoms with Gasteiger partial charge in [-0.1, -0.05) is 45.0 Å². The molecule has 5 rings (SSSR count). The van der Waals surface area contributed by atoms with Gasteiger partial charge in [0.25, 0.3) is 15.9 Å². The fraction of sp³-hybridized carbons (Fsp3) is 0.486. The first-order valence-electron chi connectivity index (χ1n) is 15.9. The van der Waals surface area contributed by atoms with Gasteiger partial charge >= 0.3 is 6.09 Å². The van der Waals surface area contributed by atoms with Gasteiger partial charge in [0.2, 0.25) is 11.8 Å². The maximum absolute atomic E-state index is 14.4. The van der Waals surface area contributed by atoms with Crippen LogP contribution in [0.4, 0.5) is 10.7 Å². The third kappa shape index (κ3) is 8.22. The maximum atomic E-state index is 14.4. The van der Waals surface area contributed by atoms with Crippen molar-refractivity contribution in [3.63, 3.8) is 0 Å². The molecule has 0 radical (unpaired) electrons. The van der Waals surface area contributed by atoms with Gasteiger partial charge in [-0.25, -0.2) is 22.9 Å². The Balaban J connectivity index is 1.57. The van der Waals surface area contributed by atoms with E-state index < -0.39 is 27.8 Å². The number of carbonyl (C=O) groups is 2. The summed E-state index contributed by atoms with van der Waals surface area (Å²) in [6.45, 7) is 15.8. The van der Waals surface area contributed by atoms with E-state index in [1.165, 1.54) is 12.1 Å². The van der Waals surface area contributed by atoms with Crippen molar-refractivity contribution in [2.45, 2.75) is 103 Å². The first-order valence-corrected chi connectivity index (χ1v) is 17.4. The van der Waals surface area contributed by atoms with E-state index in [9.17, 15) is 18.0 Å². The number of rotatable bonds is 4. The molecule has 2 aromatic carbocycles. The molecule has 3 aromatic rings. The van der Waals surface area contributed by atoms with Crippen molar-refractivity contribution in [3.8, 4) is 17.1 Å². The molecule has 1 aliphatic heterocycles. The molecule has 0 spiro atoms. The Morgan fingerprint density at radius 1 is 1.02 bits per heavy atom. The molecular weight excluding hydrogens is 618 g/mol. The van der Waals surface area contributed by atoms with Crippen LogP contribution in [-0.2, 0) is 14.8 Å². The Bertz CT molecular complexity index is 1750. The molecule has 0 unspecified atom stereocenters. The van der Waals surface area contributed by atoms with Crippen LogP contribution in [0.2, 0.25) is 0 Å². The van der Waals surface area contributed by atoms with Crippen molar-refractivity contribution in [1.29, 1.82) is 0 Å². The highest BCUT2D eigenvalue weighted by Crippen LogP contribution is 2.35. The number of nitrogens with one attached hydrogen (secondary N) is 2. The summed E-state index contributed by atoms with van der Waals surface area (Å²) >= 11 is 0. The fourth-order valence-corrected chi connectivity index (χ4v) is 7.17. The SMILES string of the molecule is Cc1cccc(C)c1-c1cc2nc(n1)NS(=O)(=O)c1cccc(c1)C(=O)N(C1CC(NC(=O)OC(C)(C)C)C1)[C@H](CC(C)(C)C)CO2. The van der Waals surface area contributed by atoms with Gasteiger partial charge < -0.3 is 19.7 Å². The highest BCUT2D eigenvalue weighted by atomic mass is 32.2. The van der Waals surface area contributed by atoms with E-state index in [2.05, 4.69) is 40.8 Å². The first kappa shape index (κ1) is 34.2. The number of amides is 2. The van der Waals surface area contributed by atoms with Crippen LogP contribution in [0.3, 0.4) is 0 Å². The number of aromatic nitrogens is 2. The third-order valence-corrected chi connectivity index (χ3v) is 9.51. The van der Waals surface area contributed by atoms with Crippen molar-refractivity contribution in [2.75, 3.05) is 11.3 Å². The molecule has 0 saturated heterocycles. The van der Waals surface area contributed by atoms with Crippen LogP contribution >= 0.6 is 0 Å². The van der Waals surface area contributed by atoms with Crippen molar-refractivity contribution in [3.05, 3.63) is 65.2 Å². The largest absolute Gasteiger partial charge is 0.475 e. The summed E-state index contributed by atoms with van der Waals surface area (Å²) < 4.78 is 41.6. The molecule has 1 saturated carbocycles. The number of sulfonamides is 1. The van der Waals surface area contributed by atoms with Crippen LogP contribution < -0.4 is 14.8 Å². The Hall–Kier alpha value is -4.19. The minimum atomic E-state index is -4.17. The van der Waals surface area contributed by atoms with Crippen molar-refractivity contribution >= 4 is 28.0 Å². The van der Waals surface area contributed by atoms with Crippen LogP contribution in [0.1, 0.15) is 82.3 Å². The van der Waals surface area contributed by atoms with Gasteiger partial charge in [-0.3, -0.25) is 4.79 Å². The average molecular weight is 664 g/mol. The summed E-state index contributed by atoms with van der Waals surface area (Å²) in [6, 6.07) is 12.8. The summed E-state index contributed by atoms with van der Waals surface area (Å²) in [7, 11) is -4.17. The van der Waals surface area contributed by atoms with E-state index in [-0.39, 0.29) is 52.3 Å². The van der Waals surface area contributed by atoms with E-state index in [0.717, 1.165) is 16.7 Å². The fourth-order valence-electron chi connectivity index (χ4n) is 6.18. The number of alkyl carbamates (subject to hydrolysis) is 1. The average Bonchev–Trinajstić information content (AvgIpc) is 2.92. The highest BCUT2D eigenvalue weighted by molar-refractivity contribution is 7.92. The molecule has 12 heteroatoms. The summed E-state index contributed by atoms with van der Waals surface area (Å²) in [5, 5.41) is 2.91. The zero-order valence-corrected chi connectivity index (χ0v) is 29.2. The molecule has 2 heterocycles. The van der Waals surface area contributed by atoms with Gasteiger partial charge in [-0.15, -0.1) is 0 Å². The Labute approximate surface area is 277 Å². The lowest BCUT2D eigenvalue weighted by atomic mass is 9.81. The quantitative estimate of drug-likeness (QED) is 0.334. The number of ether oxygens (including phenoxy) is 2. The summed E-state index contributed by atoms with van der Waals surface area (Å²) in [4.78, 5) is 37.6. The molecule has 4 bridgehead atoms. The molecule has 11 nitrogen and oxygen atoms in total. The number of aryl methyl sites for hydroxylation is 2. The first-order chi connectivity index (χ1) is 21.9. The smallest absolute Gasteiger partial charge is 0.407 e. The molecule has 2 amide bonds. The predicted octanol–water partition coefficient (Wildman–Crippen LogP) is 6.26. The predicted molar refractivity (Wildman–Crippen MR) is 180 cm³/mol. The lowest BCUT2D eigenvalue weighted by molar-refractivity contribution is 0.0122. The van der Waals surface area contributed by atoms with E-state index >= 15 is 0 Å². The van der Waals surface area contributed by atoms with Crippen LogP contribution in [-0.4, -0.2) is 65.6 Å². The number of benzene rings is 2. The van der Waals surface area contributed by atoms with E-state index in [0.29, 0.717) is 25.0 Å². The number of carbonyl (C=O) groups excluding carboxylic acids is 2. The molecule has 1 atom stereocenters. The maximum Gasteiger partial charge on any atom is 0.407 e. The van der Waals surface area contributed by atoms with Gasteiger partial charge in [0, 0.05) is 29.3 Å². The number of hydrogen-bond donors (Lipinski definition) is 2. The number of fused-ring (bicyclic) bond motifs is 4. The molecule has 252 valence electrons. The summed E-state index contributed by atoms with van der Waals surface area (Å²) in [5.41, 5.74) is 2.72. The van der Waals surface area contributed by atoms with Crippen LogP contribution in [0.15, 0.2) is 53.4 Å². The second kappa shape index (κ2) is 12.8. The van der Waals surface area contributed by atoms with Crippen LogP contribution in [0.5, 0.6) is 5.88 Å². The van der Waals surface area contributed by atoms with Crippen molar-refractivity contribution in [1.82, 2.24) is 20.2 Å². The summed E-state index contributed by atoms with van der Waals surface area (Å²) in [5.74, 6) is -0.255. The minimum Gasteiger partial charge on any atom is -0.475 e. The lowest BCUT2D eigenvalue weighted by Gasteiger charge is -2.47. The second-order valence-electron chi connectivity index (χ2n) is 14.7. The number of anilines is 1. The van der Waals surface area contributed by atoms with Crippen molar-refractivity contribution < 1.29 is 27.5 Å². The Morgan fingerprint density at radius 2 is 1.68 bits per heavy atom. The Morgan fingerprint density at radius 3 is 2.32 bits per heavy atom. The van der Waals surface area contributed by atoms with Crippen molar-refractivity contribution in [2.24, 2.45) is 5.41 Å².